The molecule has 1 fully saturated rings. The first-order chi connectivity index (χ1) is 11.9. The third kappa shape index (κ3) is 2.05. The lowest BCUT2D eigenvalue weighted by Gasteiger charge is -2.17. The van der Waals surface area contributed by atoms with Crippen LogP contribution in [0.5, 0.6) is 0 Å². The van der Waals surface area contributed by atoms with E-state index in [2.05, 4.69) is 11.0 Å². The molecule has 1 saturated heterocycles. The second kappa shape index (κ2) is 5.30. The summed E-state index contributed by atoms with van der Waals surface area (Å²) in [6.07, 6.45) is 2.41. The zero-order chi connectivity index (χ0) is 15.9. The third-order valence-electron chi connectivity index (χ3n) is 4.58. The van der Waals surface area contributed by atoms with Gasteiger partial charge in [-0.1, -0.05) is 42.5 Å². The first-order valence-corrected chi connectivity index (χ1v) is 8.36. The summed E-state index contributed by atoms with van der Waals surface area (Å²) in [6.45, 7) is 2.06. The molecule has 1 aliphatic rings. The number of rotatable bonds is 2. The van der Waals surface area contributed by atoms with Crippen LogP contribution in [0.2, 0.25) is 0 Å². The van der Waals surface area contributed by atoms with Gasteiger partial charge in [0, 0.05) is 24.0 Å². The van der Waals surface area contributed by atoms with E-state index in [1.54, 1.807) is 0 Å². The summed E-state index contributed by atoms with van der Waals surface area (Å²) in [5, 5.41) is 5.82. The van der Waals surface area contributed by atoms with Crippen LogP contribution in [-0.4, -0.2) is 32.7 Å². The summed E-state index contributed by atoms with van der Waals surface area (Å²) in [5.41, 5.74) is 2.87. The van der Waals surface area contributed by atoms with E-state index in [0.29, 0.717) is 0 Å². The topological polar surface area (TPSA) is 46.3 Å². The number of fused-ring (bicyclic) bond motifs is 3. The molecule has 2 aromatic carbocycles. The molecule has 24 heavy (non-hydrogen) atoms. The van der Waals surface area contributed by atoms with Crippen LogP contribution >= 0.6 is 0 Å². The van der Waals surface area contributed by atoms with E-state index in [1.165, 1.54) is 12.8 Å². The van der Waals surface area contributed by atoms with Crippen molar-refractivity contribution in [3.05, 3.63) is 54.6 Å². The van der Waals surface area contributed by atoms with Crippen molar-refractivity contribution in [3.63, 3.8) is 0 Å². The van der Waals surface area contributed by atoms with Gasteiger partial charge in [-0.25, -0.2) is 9.97 Å². The zero-order valence-electron chi connectivity index (χ0n) is 13.3. The Morgan fingerprint density at radius 1 is 0.792 bits per heavy atom. The molecule has 0 bridgehead atoms. The molecule has 0 aliphatic carbocycles. The van der Waals surface area contributed by atoms with Gasteiger partial charge in [-0.3, -0.25) is 0 Å². The Morgan fingerprint density at radius 2 is 1.54 bits per heavy atom. The number of para-hydroxylation sites is 1. The van der Waals surface area contributed by atoms with Crippen LogP contribution in [0, 0.1) is 0 Å². The maximum absolute atomic E-state index is 4.88. The highest BCUT2D eigenvalue weighted by Crippen LogP contribution is 2.27. The van der Waals surface area contributed by atoms with E-state index in [-0.39, 0.29) is 0 Å². The van der Waals surface area contributed by atoms with Gasteiger partial charge in [0.2, 0.25) is 5.95 Å². The molecule has 2 aromatic heterocycles. The number of nitrogens with zero attached hydrogens (tertiary/aromatic N) is 5. The summed E-state index contributed by atoms with van der Waals surface area (Å²) in [6, 6.07) is 18.3. The van der Waals surface area contributed by atoms with Gasteiger partial charge < -0.3 is 4.90 Å². The minimum absolute atomic E-state index is 0.745. The van der Waals surface area contributed by atoms with Gasteiger partial charge in [-0.05, 0) is 25.0 Å². The Morgan fingerprint density at radius 3 is 2.38 bits per heavy atom. The Hall–Kier alpha value is -2.95. The molecule has 5 rings (SSSR count). The van der Waals surface area contributed by atoms with Crippen molar-refractivity contribution in [2.45, 2.75) is 12.8 Å². The molecule has 0 amide bonds. The fraction of sp³-hybridized carbons (Fsp3) is 0.211. The summed E-state index contributed by atoms with van der Waals surface area (Å²) < 4.78 is 1.91. The summed E-state index contributed by atoms with van der Waals surface area (Å²) in [7, 11) is 0. The molecule has 0 radical (unpaired) electrons. The molecule has 5 heteroatoms. The van der Waals surface area contributed by atoms with Gasteiger partial charge >= 0.3 is 0 Å². The molecule has 4 aromatic rings. The predicted octanol–water partition coefficient (Wildman–Crippen LogP) is 3.54. The SMILES string of the molecule is c1ccc(-c2nc3c4ccccc4nc(N4CCCC4)n3n2)cc1. The number of benzene rings is 2. The van der Waals surface area contributed by atoms with Crippen molar-refractivity contribution < 1.29 is 0 Å². The molecule has 0 atom stereocenters. The smallest absolute Gasteiger partial charge is 0.229 e. The quantitative estimate of drug-likeness (QED) is 0.567. The Balaban J connectivity index is 1.81. The van der Waals surface area contributed by atoms with Crippen LogP contribution in [0.25, 0.3) is 27.9 Å². The first-order valence-electron chi connectivity index (χ1n) is 8.36. The normalized spacial score (nSPS) is 14.8. The molecule has 0 unspecified atom stereocenters. The second-order valence-corrected chi connectivity index (χ2v) is 6.16. The molecule has 118 valence electrons. The van der Waals surface area contributed by atoms with Crippen LogP contribution in [0.15, 0.2) is 54.6 Å². The lowest BCUT2D eigenvalue weighted by Crippen LogP contribution is -2.22. The van der Waals surface area contributed by atoms with E-state index in [0.717, 1.165) is 47.0 Å². The molecule has 0 saturated carbocycles. The van der Waals surface area contributed by atoms with Crippen LogP contribution in [0.4, 0.5) is 5.95 Å². The Labute approximate surface area is 139 Å². The average molecular weight is 315 g/mol. The van der Waals surface area contributed by atoms with Gasteiger partial charge in [0.15, 0.2) is 11.5 Å². The molecule has 3 heterocycles. The molecular formula is C19H17N5. The average Bonchev–Trinajstić information content (AvgIpc) is 3.32. The lowest BCUT2D eigenvalue weighted by molar-refractivity contribution is 0.835. The molecule has 5 nitrogen and oxygen atoms in total. The van der Waals surface area contributed by atoms with E-state index < -0.39 is 0 Å². The standard InChI is InChI=1S/C19H17N5/c1-2-8-14(9-3-1)17-21-18-15-10-4-5-11-16(15)20-19(24(18)22-17)23-12-6-7-13-23/h1-5,8-11H,6-7,12-13H2. The van der Waals surface area contributed by atoms with Crippen LogP contribution < -0.4 is 4.90 Å². The molecule has 0 N–H and O–H groups in total. The van der Waals surface area contributed by atoms with Gasteiger partial charge in [0.25, 0.3) is 0 Å². The number of aromatic nitrogens is 4. The summed E-state index contributed by atoms with van der Waals surface area (Å²) in [5.74, 6) is 1.64. The van der Waals surface area contributed by atoms with E-state index in [4.69, 9.17) is 15.1 Å². The largest absolute Gasteiger partial charge is 0.341 e. The third-order valence-corrected chi connectivity index (χ3v) is 4.58. The van der Waals surface area contributed by atoms with E-state index >= 15 is 0 Å². The van der Waals surface area contributed by atoms with Crippen molar-refractivity contribution >= 4 is 22.5 Å². The fourth-order valence-electron chi connectivity index (χ4n) is 3.37. The summed E-state index contributed by atoms with van der Waals surface area (Å²) >= 11 is 0. The second-order valence-electron chi connectivity index (χ2n) is 6.16. The number of hydrogen-bond acceptors (Lipinski definition) is 4. The first kappa shape index (κ1) is 13.5. The van der Waals surface area contributed by atoms with E-state index in [9.17, 15) is 0 Å². The van der Waals surface area contributed by atoms with Gasteiger partial charge in [0.1, 0.15) is 0 Å². The fourth-order valence-corrected chi connectivity index (χ4v) is 3.37. The highest BCUT2D eigenvalue weighted by molar-refractivity contribution is 5.92. The minimum Gasteiger partial charge on any atom is -0.341 e. The lowest BCUT2D eigenvalue weighted by atomic mass is 10.2. The Kier molecular flexibility index (Phi) is 2.98. The van der Waals surface area contributed by atoms with Crippen molar-refractivity contribution in [3.8, 4) is 11.4 Å². The highest BCUT2D eigenvalue weighted by Gasteiger charge is 2.20. The van der Waals surface area contributed by atoms with Gasteiger partial charge in [-0.2, -0.15) is 4.52 Å². The van der Waals surface area contributed by atoms with Gasteiger partial charge in [0.05, 0.1) is 5.52 Å². The minimum atomic E-state index is 0.745. The monoisotopic (exact) mass is 315 g/mol. The molecule has 0 spiro atoms. The summed E-state index contributed by atoms with van der Waals surface area (Å²) in [4.78, 5) is 12.0. The number of hydrogen-bond donors (Lipinski definition) is 0. The van der Waals surface area contributed by atoms with Crippen molar-refractivity contribution in [2.24, 2.45) is 0 Å². The van der Waals surface area contributed by atoms with Crippen LogP contribution in [-0.2, 0) is 0 Å². The van der Waals surface area contributed by atoms with Crippen molar-refractivity contribution in [1.82, 2.24) is 19.6 Å². The van der Waals surface area contributed by atoms with Crippen molar-refractivity contribution in [2.75, 3.05) is 18.0 Å². The number of anilines is 1. The molecular weight excluding hydrogens is 298 g/mol. The van der Waals surface area contributed by atoms with Gasteiger partial charge in [-0.15, -0.1) is 5.10 Å². The maximum atomic E-state index is 4.88. The predicted molar refractivity (Wildman–Crippen MR) is 95.2 cm³/mol. The van der Waals surface area contributed by atoms with E-state index in [1.807, 2.05) is 53.0 Å². The zero-order valence-corrected chi connectivity index (χ0v) is 13.3. The molecule has 1 aliphatic heterocycles. The van der Waals surface area contributed by atoms with Crippen LogP contribution in [0.1, 0.15) is 12.8 Å². The van der Waals surface area contributed by atoms with Crippen LogP contribution in [0.3, 0.4) is 0 Å². The highest BCUT2D eigenvalue weighted by atomic mass is 15.4. The maximum Gasteiger partial charge on any atom is 0.229 e. The Bertz CT molecular complexity index is 1020. The van der Waals surface area contributed by atoms with Crippen molar-refractivity contribution in [1.29, 1.82) is 0 Å².